The summed E-state index contributed by atoms with van der Waals surface area (Å²) in [6.07, 6.45) is 1.31. The van der Waals surface area contributed by atoms with Gasteiger partial charge in [-0.05, 0) is 20.0 Å². The molecule has 0 amide bonds. The van der Waals surface area contributed by atoms with Gasteiger partial charge in [-0.3, -0.25) is 0 Å². The molecular weight excluding hydrogens is 90.1 g/mol. The minimum absolute atomic E-state index is 1.17. The second kappa shape index (κ2) is 5.18. The lowest BCUT2D eigenvalue weighted by atomic mass is 10.5. The Morgan fingerprint density at radius 1 is 1.67 bits per heavy atom. The van der Waals surface area contributed by atoms with Gasteiger partial charge in [0.25, 0.3) is 0 Å². The van der Waals surface area contributed by atoms with Gasteiger partial charge in [0.1, 0.15) is 0 Å². The standard InChI is InChI=1S/C4H12NSi/c1-5-3-2-4-6/h5H,2-4,6H2,1H3. The quantitative estimate of drug-likeness (QED) is 0.379. The Morgan fingerprint density at radius 3 is 2.50 bits per heavy atom. The lowest BCUT2D eigenvalue weighted by Crippen LogP contribution is -2.06. The fourth-order valence-electron chi connectivity index (χ4n) is 0.302. The first-order valence-electron chi connectivity index (χ1n) is 2.35. The summed E-state index contributed by atoms with van der Waals surface area (Å²) in [7, 11) is 4.01. The van der Waals surface area contributed by atoms with Crippen molar-refractivity contribution in [2.24, 2.45) is 0 Å². The summed E-state index contributed by atoms with van der Waals surface area (Å²) in [5, 5.41) is 3.07. The van der Waals surface area contributed by atoms with Crippen molar-refractivity contribution in [2.75, 3.05) is 13.6 Å². The molecule has 0 heterocycles. The minimum atomic E-state index is 1.17. The second-order valence-corrected chi connectivity index (χ2v) is 2.02. The highest BCUT2D eigenvalue weighted by Gasteiger charge is 1.73. The van der Waals surface area contributed by atoms with Crippen molar-refractivity contribution in [1.29, 1.82) is 0 Å². The average Bonchev–Trinajstić information content (AvgIpc) is 1.61. The summed E-state index contributed by atoms with van der Waals surface area (Å²) in [6, 6.07) is 1.32. The molecule has 0 aliphatic heterocycles. The number of hydrogen-bond donors (Lipinski definition) is 1. The van der Waals surface area contributed by atoms with Gasteiger partial charge in [-0.1, -0.05) is 6.04 Å². The smallest absolute Gasteiger partial charge is 0.00803 e. The molecule has 6 heavy (non-hydrogen) atoms. The fraction of sp³-hybridized carbons (Fsp3) is 1.00. The van der Waals surface area contributed by atoms with Crippen LogP contribution in [0.3, 0.4) is 0 Å². The van der Waals surface area contributed by atoms with Crippen LogP contribution in [0, 0.1) is 0 Å². The van der Waals surface area contributed by atoms with E-state index in [9.17, 15) is 0 Å². The largest absolute Gasteiger partial charge is 0.320 e. The zero-order chi connectivity index (χ0) is 4.83. The lowest BCUT2D eigenvalue weighted by Gasteiger charge is -1.89. The molecule has 0 aromatic rings. The third kappa shape index (κ3) is 4.18. The van der Waals surface area contributed by atoms with Gasteiger partial charge >= 0.3 is 0 Å². The van der Waals surface area contributed by atoms with Gasteiger partial charge in [0.05, 0.1) is 0 Å². The molecule has 0 atom stereocenters. The van der Waals surface area contributed by atoms with E-state index >= 15 is 0 Å². The summed E-state index contributed by atoms with van der Waals surface area (Å²) in [6.45, 7) is 1.17. The summed E-state index contributed by atoms with van der Waals surface area (Å²) in [4.78, 5) is 0. The van der Waals surface area contributed by atoms with Crippen molar-refractivity contribution in [3.05, 3.63) is 0 Å². The van der Waals surface area contributed by atoms with Crippen LogP contribution >= 0.6 is 0 Å². The second-order valence-electron chi connectivity index (χ2n) is 1.31. The molecule has 1 radical (unpaired) electrons. The van der Waals surface area contributed by atoms with Crippen LogP contribution in [-0.2, 0) is 0 Å². The van der Waals surface area contributed by atoms with E-state index in [1.54, 1.807) is 0 Å². The molecule has 1 nitrogen and oxygen atoms in total. The van der Waals surface area contributed by atoms with Gasteiger partial charge in [-0.15, -0.1) is 0 Å². The number of nitrogens with one attached hydrogen (secondary N) is 1. The van der Waals surface area contributed by atoms with Gasteiger partial charge in [0.15, 0.2) is 0 Å². The predicted molar refractivity (Wildman–Crippen MR) is 31.9 cm³/mol. The molecule has 0 aromatic heterocycles. The first kappa shape index (κ1) is 6.18. The van der Waals surface area contributed by atoms with E-state index in [4.69, 9.17) is 0 Å². The third-order valence-corrected chi connectivity index (χ3v) is 1.18. The molecule has 0 bridgehead atoms. The van der Waals surface area contributed by atoms with Gasteiger partial charge in [-0.2, -0.15) is 0 Å². The van der Waals surface area contributed by atoms with Crippen LogP contribution in [0.1, 0.15) is 6.42 Å². The molecule has 0 spiro atoms. The van der Waals surface area contributed by atoms with Crippen LogP contribution in [0.15, 0.2) is 0 Å². The van der Waals surface area contributed by atoms with E-state index in [0.717, 1.165) is 0 Å². The highest BCUT2D eigenvalue weighted by atomic mass is 28.1. The van der Waals surface area contributed by atoms with Crippen molar-refractivity contribution in [3.8, 4) is 0 Å². The third-order valence-electron chi connectivity index (χ3n) is 0.677. The monoisotopic (exact) mass is 102 g/mol. The molecule has 0 rings (SSSR count). The molecule has 0 saturated carbocycles. The topological polar surface area (TPSA) is 12.0 Å². The molecule has 0 aliphatic carbocycles. The Bertz CT molecular complexity index is 19.5. The van der Waals surface area contributed by atoms with Crippen LogP contribution in [0.2, 0.25) is 6.04 Å². The molecule has 37 valence electrons. The van der Waals surface area contributed by atoms with Crippen molar-refractivity contribution in [1.82, 2.24) is 5.32 Å². The van der Waals surface area contributed by atoms with E-state index in [1.807, 2.05) is 17.3 Å². The van der Waals surface area contributed by atoms with Gasteiger partial charge in [-0.25, -0.2) is 0 Å². The summed E-state index contributed by atoms with van der Waals surface area (Å²) in [5.41, 5.74) is 0. The van der Waals surface area contributed by atoms with E-state index in [0.29, 0.717) is 0 Å². The van der Waals surface area contributed by atoms with Gasteiger partial charge in [0, 0.05) is 10.2 Å². The molecule has 0 saturated heterocycles. The van der Waals surface area contributed by atoms with Gasteiger partial charge in [0.2, 0.25) is 0 Å². The highest BCUT2D eigenvalue weighted by Crippen LogP contribution is 1.76. The Morgan fingerprint density at radius 2 is 2.33 bits per heavy atom. The Labute approximate surface area is 42.6 Å². The normalized spacial score (nSPS) is 9.00. The van der Waals surface area contributed by atoms with Crippen LogP contribution in [0.5, 0.6) is 0 Å². The Balaban J connectivity index is 2.34. The summed E-state index contributed by atoms with van der Waals surface area (Å²) in [5.74, 6) is 0. The Hall–Kier alpha value is 0.177. The number of rotatable bonds is 3. The minimum Gasteiger partial charge on any atom is -0.320 e. The van der Waals surface area contributed by atoms with Crippen LogP contribution in [0.25, 0.3) is 0 Å². The number of hydrogen-bond acceptors (Lipinski definition) is 1. The Kier molecular flexibility index (Phi) is 5.33. The zero-order valence-electron chi connectivity index (χ0n) is 4.33. The molecular formula is C4H12NSi. The van der Waals surface area contributed by atoms with Gasteiger partial charge < -0.3 is 5.32 Å². The molecule has 0 fully saturated rings. The lowest BCUT2D eigenvalue weighted by molar-refractivity contribution is 0.771. The van der Waals surface area contributed by atoms with Crippen molar-refractivity contribution >= 4 is 10.2 Å². The molecule has 2 heteroatoms. The van der Waals surface area contributed by atoms with Crippen LogP contribution in [-0.4, -0.2) is 23.8 Å². The summed E-state index contributed by atoms with van der Waals surface area (Å²) >= 11 is 0. The van der Waals surface area contributed by atoms with Crippen molar-refractivity contribution in [3.63, 3.8) is 0 Å². The fourth-order valence-corrected chi connectivity index (χ4v) is 0.552. The predicted octanol–water partition coefficient (Wildman–Crippen LogP) is -0.353. The van der Waals surface area contributed by atoms with E-state index in [1.165, 1.54) is 19.0 Å². The summed E-state index contributed by atoms with van der Waals surface area (Å²) < 4.78 is 0. The first-order valence-corrected chi connectivity index (χ1v) is 3.35. The average molecular weight is 102 g/mol. The molecule has 1 N–H and O–H groups in total. The first-order chi connectivity index (χ1) is 2.91. The zero-order valence-corrected chi connectivity index (χ0v) is 5.74. The van der Waals surface area contributed by atoms with E-state index in [2.05, 4.69) is 5.32 Å². The van der Waals surface area contributed by atoms with E-state index in [-0.39, 0.29) is 0 Å². The van der Waals surface area contributed by atoms with Crippen LogP contribution < -0.4 is 5.32 Å². The SMILES string of the molecule is CNCCC[SiH2]. The molecule has 0 aliphatic rings. The molecule has 0 unspecified atom stereocenters. The maximum absolute atomic E-state index is 3.07. The maximum Gasteiger partial charge on any atom is 0.00803 e. The molecule has 0 aromatic carbocycles. The van der Waals surface area contributed by atoms with Crippen molar-refractivity contribution in [2.45, 2.75) is 12.5 Å². The van der Waals surface area contributed by atoms with Crippen molar-refractivity contribution < 1.29 is 0 Å². The highest BCUT2D eigenvalue weighted by molar-refractivity contribution is 6.08. The van der Waals surface area contributed by atoms with E-state index < -0.39 is 0 Å². The maximum atomic E-state index is 3.07. The van der Waals surface area contributed by atoms with Crippen LogP contribution in [0.4, 0.5) is 0 Å².